The fourth-order valence-corrected chi connectivity index (χ4v) is 6.18. The van der Waals surface area contributed by atoms with Gasteiger partial charge in [-0.2, -0.15) is 0 Å². The predicted molar refractivity (Wildman–Crippen MR) is 82.4 cm³/mol. The van der Waals surface area contributed by atoms with Gasteiger partial charge >= 0.3 is 0 Å². The van der Waals surface area contributed by atoms with Crippen molar-refractivity contribution in [3.05, 3.63) is 29.8 Å². The zero-order valence-electron chi connectivity index (χ0n) is 12.7. The predicted octanol–water partition coefficient (Wildman–Crippen LogP) is 2.42. The van der Waals surface area contributed by atoms with Crippen molar-refractivity contribution in [2.24, 2.45) is 11.8 Å². The van der Waals surface area contributed by atoms with E-state index in [9.17, 15) is 4.79 Å². The molecule has 1 aliphatic carbocycles. The number of anilines is 1. The minimum Gasteiger partial charge on any atom is -0.379 e. The van der Waals surface area contributed by atoms with Crippen LogP contribution in [0.25, 0.3) is 0 Å². The highest BCUT2D eigenvalue weighted by atomic mass is 16.1. The fourth-order valence-electron chi connectivity index (χ4n) is 6.18. The Morgan fingerprint density at radius 1 is 1.29 bits per heavy atom. The molecule has 3 heterocycles. The SMILES string of the molecule is C[C@@H]1C(=O)[C@H]2CCN3CCC14c1ccccc1N[C@H]4[C@@]23C. The van der Waals surface area contributed by atoms with Gasteiger partial charge in [-0.05, 0) is 44.5 Å². The van der Waals surface area contributed by atoms with Gasteiger partial charge in [-0.3, -0.25) is 9.69 Å². The van der Waals surface area contributed by atoms with E-state index in [1.807, 2.05) is 0 Å². The van der Waals surface area contributed by atoms with Gasteiger partial charge in [0.15, 0.2) is 0 Å². The molecule has 4 aliphatic rings. The molecule has 1 aromatic rings. The van der Waals surface area contributed by atoms with Crippen LogP contribution in [0.2, 0.25) is 0 Å². The molecule has 110 valence electrons. The summed E-state index contributed by atoms with van der Waals surface area (Å²) in [5, 5.41) is 3.83. The van der Waals surface area contributed by atoms with Gasteiger partial charge in [0.05, 0.1) is 6.04 Å². The number of carbonyl (C=O) groups is 1. The molecular weight excluding hydrogens is 260 g/mol. The van der Waals surface area contributed by atoms with E-state index >= 15 is 0 Å². The Bertz CT molecular complexity index is 656. The second kappa shape index (κ2) is 3.52. The van der Waals surface area contributed by atoms with Gasteiger partial charge in [-0.15, -0.1) is 0 Å². The Kier molecular flexibility index (Phi) is 2.05. The first kappa shape index (κ1) is 12.2. The summed E-state index contributed by atoms with van der Waals surface area (Å²) >= 11 is 0. The number of piperidine rings is 1. The number of ketones is 1. The van der Waals surface area contributed by atoms with E-state index in [2.05, 4.69) is 48.3 Å². The van der Waals surface area contributed by atoms with E-state index in [0.29, 0.717) is 11.8 Å². The van der Waals surface area contributed by atoms with Crippen molar-refractivity contribution in [1.29, 1.82) is 0 Å². The van der Waals surface area contributed by atoms with Gasteiger partial charge in [0.25, 0.3) is 0 Å². The standard InChI is InChI=1S/C18H22N2O/c1-11-15(21)13-7-9-20-10-8-18(11)12-5-3-4-6-14(12)19-16(18)17(13,20)2/h3-6,11,13,16,19H,7-10H2,1-2H3/t11-,13-,16+,17-,18?/m1/s1. The van der Waals surface area contributed by atoms with Crippen LogP contribution in [0.4, 0.5) is 5.69 Å². The van der Waals surface area contributed by atoms with Gasteiger partial charge < -0.3 is 5.32 Å². The number of para-hydroxylation sites is 1. The molecule has 5 rings (SSSR count). The van der Waals surface area contributed by atoms with Gasteiger partial charge in [-0.25, -0.2) is 0 Å². The second-order valence-electron chi connectivity index (χ2n) is 7.59. The third-order valence-electron chi connectivity index (χ3n) is 7.24. The lowest BCUT2D eigenvalue weighted by Crippen LogP contribution is -2.74. The zero-order valence-corrected chi connectivity index (χ0v) is 12.7. The lowest BCUT2D eigenvalue weighted by Gasteiger charge is -2.60. The number of Topliss-reactive ketones (excluding diaryl/α,β-unsaturated/α-hetero) is 1. The van der Waals surface area contributed by atoms with Crippen LogP contribution >= 0.6 is 0 Å². The molecule has 21 heavy (non-hydrogen) atoms. The molecule has 2 saturated heterocycles. The minimum atomic E-state index is 0.000856. The summed E-state index contributed by atoms with van der Waals surface area (Å²) in [6.45, 7) is 6.75. The monoisotopic (exact) mass is 282 g/mol. The number of hydrogen-bond acceptors (Lipinski definition) is 3. The molecule has 1 saturated carbocycles. The molecule has 2 bridgehead atoms. The van der Waals surface area contributed by atoms with Crippen LogP contribution in [0.5, 0.6) is 0 Å². The lowest BCUT2D eigenvalue weighted by molar-refractivity contribution is -0.143. The average molecular weight is 282 g/mol. The first-order chi connectivity index (χ1) is 10.1. The Morgan fingerprint density at radius 2 is 2.10 bits per heavy atom. The number of hydrogen-bond donors (Lipinski definition) is 1. The van der Waals surface area contributed by atoms with Crippen molar-refractivity contribution in [2.45, 2.75) is 43.7 Å². The number of benzene rings is 1. The topological polar surface area (TPSA) is 32.3 Å². The van der Waals surface area contributed by atoms with E-state index in [0.717, 1.165) is 25.9 Å². The molecule has 0 aromatic heterocycles. The average Bonchev–Trinajstić information content (AvgIpc) is 3.03. The minimum absolute atomic E-state index is 0.000856. The van der Waals surface area contributed by atoms with Crippen molar-refractivity contribution in [1.82, 2.24) is 4.90 Å². The number of nitrogens with zero attached hydrogens (tertiary/aromatic N) is 1. The van der Waals surface area contributed by atoms with E-state index < -0.39 is 0 Å². The van der Waals surface area contributed by atoms with Gasteiger partial charge in [-0.1, -0.05) is 25.1 Å². The summed E-state index contributed by atoms with van der Waals surface area (Å²) < 4.78 is 0. The molecule has 3 fully saturated rings. The molecular formula is C18H22N2O. The summed E-state index contributed by atoms with van der Waals surface area (Å²) in [5.74, 6) is 0.860. The van der Waals surface area contributed by atoms with E-state index in [4.69, 9.17) is 0 Å². The van der Waals surface area contributed by atoms with Crippen LogP contribution in [0.3, 0.4) is 0 Å². The van der Waals surface area contributed by atoms with Crippen LogP contribution in [-0.4, -0.2) is 35.4 Å². The molecule has 0 radical (unpaired) electrons. The number of fused-ring (bicyclic) bond motifs is 1. The van der Waals surface area contributed by atoms with Crippen LogP contribution in [0.1, 0.15) is 32.3 Å². The molecule has 1 unspecified atom stereocenters. The molecule has 0 spiro atoms. The Morgan fingerprint density at radius 3 is 2.95 bits per heavy atom. The van der Waals surface area contributed by atoms with Crippen LogP contribution in [0.15, 0.2) is 24.3 Å². The van der Waals surface area contributed by atoms with E-state index in [1.54, 1.807) is 0 Å². The molecule has 3 aliphatic heterocycles. The summed E-state index contributed by atoms with van der Waals surface area (Å²) in [6, 6.07) is 9.06. The van der Waals surface area contributed by atoms with E-state index in [-0.39, 0.29) is 22.8 Å². The van der Waals surface area contributed by atoms with Crippen molar-refractivity contribution in [2.75, 3.05) is 18.4 Å². The first-order valence-corrected chi connectivity index (χ1v) is 8.25. The highest BCUT2D eigenvalue weighted by Gasteiger charge is 2.71. The van der Waals surface area contributed by atoms with Crippen molar-refractivity contribution >= 4 is 11.5 Å². The Hall–Kier alpha value is -1.35. The smallest absolute Gasteiger partial charge is 0.141 e. The maximum Gasteiger partial charge on any atom is 0.141 e. The van der Waals surface area contributed by atoms with Crippen LogP contribution in [0, 0.1) is 11.8 Å². The molecule has 1 aromatic carbocycles. The van der Waals surface area contributed by atoms with Crippen LogP contribution in [-0.2, 0) is 10.2 Å². The van der Waals surface area contributed by atoms with Crippen LogP contribution < -0.4 is 5.32 Å². The quantitative estimate of drug-likeness (QED) is 0.793. The second-order valence-corrected chi connectivity index (χ2v) is 7.59. The number of carbonyl (C=O) groups excluding carboxylic acids is 1. The number of nitrogens with one attached hydrogen (secondary N) is 1. The molecule has 3 nitrogen and oxygen atoms in total. The summed E-state index contributed by atoms with van der Waals surface area (Å²) in [7, 11) is 0. The summed E-state index contributed by atoms with van der Waals surface area (Å²) in [4.78, 5) is 15.7. The Labute approximate surface area is 125 Å². The summed E-state index contributed by atoms with van der Waals surface area (Å²) in [5.41, 5.74) is 2.67. The highest BCUT2D eigenvalue weighted by Crippen LogP contribution is 2.62. The molecule has 3 heteroatoms. The number of rotatable bonds is 0. The zero-order chi connectivity index (χ0) is 14.4. The Balaban J connectivity index is 1.80. The maximum absolute atomic E-state index is 13.1. The third kappa shape index (κ3) is 1.10. The first-order valence-electron chi connectivity index (χ1n) is 8.25. The fraction of sp³-hybridized carbons (Fsp3) is 0.611. The summed E-state index contributed by atoms with van der Waals surface area (Å²) in [6.07, 6.45) is 2.15. The lowest BCUT2D eigenvalue weighted by atomic mass is 9.50. The van der Waals surface area contributed by atoms with Gasteiger partial charge in [0.1, 0.15) is 5.78 Å². The third-order valence-corrected chi connectivity index (χ3v) is 7.24. The van der Waals surface area contributed by atoms with E-state index in [1.165, 1.54) is 11.3 Å². The molecule has 1 N–H and O–H groups in total. The van der Waals surface area contributed by atoms with Gasteiger partial charge in [0.2, 0.25) is 0 Å². The van der Waals surface area contributed by atoms with Crippen molar-refractivity contribution in [3.63, 3.8) is 0 Å². The molecule has 5 atom stereocenters. The normalized spacial score (nSPS) is 47.0. The molecule has 0 amide bonds. The largest absolute Gasteiger partial charge is 0.379 e. The maximum atomic E-state index is 13.1. The van der Waals surface area contributed by atoms with Crippen molar-refractivity contribution < 1.29 is 4.79 Å². The van der Waals surface area contributed by atoms with Crippen molar-refractivity contribution in [3.8, 4) is 0 Å². The highest BCUT2D eigenvalue weighted by molar-refractivity contribution is 5.90. The van der Waals surface area contributed by atoms with Gasteiger partial charge in [0, 0.05) is 28.5 Å².